The van der Waals surface area contributed by atoms with E-state index < -0.39 is 6.10 Å². The molecular weight excluding hydrogens is 297 g/mol. The predicted molar refractivity (Wildman–Crippen MR) is 86.2 cm³/mol. The molecule has 1 amide bonds. The Morgan fingerprint density at radius 2 is 1.70 bits per heavy atom. The number of ether oxygens (including phenoxy) is 2. The summed E-state index contributed by atoms with van der Waals surface area (Å²) >= 11 is 0. The molecular formula is C18H20FNO3. The van der Waals surface area contributed by atoms with Crippen LogP contribution in [0.25, 0.3) is 0 Å². The zero-order valence-electron chi connectivity index (χ0n) is 13.2. The molecule has 1 atom stereocenters. The first-order valence-electron chi connectivity index (χ1n) is 7.41. The lowest BCUT2D eigenvalue weighted by atomic mass is 10.1. The summed E-state index contributed by atoms with van der Waals surface area (Å²) in [6.07, 6.45) is 0.0789. The van der Waals surface area contributed by atoms with Gasteiger partial charge in [-0.15, -0.1) is 0 Å². The van der Waals surface area contributed by atoms with Gasteiger partial charge >= 0.3 is 0 Å². The Morgan fingerprint density at radius 1 is 1.09 bits per heavy atom. The molecule has 23 heavy (non-hydrogen) atoms. The Morgan fingerprint density at radius 3 is 2.30 bits per heavy atom. The molecule has 0 heterocycles. The first-order valence-corrected chi connectivity index (χ1v) is 7.41. The summed E-state index contributed by atoms with van der Waals surface area (Å²) < 4.78 is 23.4. The van der Waals surface area contributed by atoms with Crippen molar-refractivity contribution < 1.29 is 18.7 Å². The first-order chi connectivity index (χ1) is 11.1. The molecule has 122 valence electrons. The third-order valence-corrected chi connectivity index (χ3v) is 3.37. The number of carbonyl (C=O) groups is 1. The van der Waals surface area contributed by atoms with Crippen LogP contribution in [-0.2, 0) is 11.2 Å². The Kier molecular flexibility index (Phi) is 5.97. The van der Waals surface area contributed by atoms with Crippen molar-refractivity contribution in [2.75, 3.05) is 13.7 Å². The van der Waals surface area contributed by atoms with Crippen molar-refractivity contribution in [3.8, 4) is 11.5 Å². The molecule has 0 fully saturated rings. The van der Waals surface area contributed by atoms with Gasteiger partial charge in [0.25, 0.3) is 5.91 Å². The summed E-state index contributed by atoms with van der Waals surface area (Å²) in [6, 6.07) is 13.3. The minimum atomic E-state index is -0.642. The molecule has 2 rings (SSSR count). The van der Waals surface area contributed by atoms with E-state index in [2.05, 4.69) is 5.32 Å². The standard InChI is InChI=1S/C18H20FNO3/c1-13(23-17-9-5-15(19)6-10-17)18(21)20-12-11-14-3-7-16(22-2)8-4-14/h3-10,13H,11-12H2,1-2H3,(H,20,21)/t13-/m0/s1. The molecule has 0 spiro atoms. The summed E-state index contributed by atoms with van der Waals surface area (Å²) in [5.74, 6) is 0.722. The molecule has 5 heteroatoms. The van der Waals surface area contributed by atoms with Crippen LogP contribution in [0.3, 0.4) is 0 Å². The number of rotatable bonds is 7. The van der Waals surface area contributed by atoms with Gasteiger partial charge in [-0.2, -0.15) is 0 Å². The molecule has 2 aromatic rings. The van der Waals surface area contributed by atoms with Crippen molar-refractivity contribution in [2.45, 2.75) is 19.4 Å². The highest BCUT2D eigenvalue weighted by Crippen LogP contribution is 2.13. The van der Waals surface area contributed by atoms with E-state index in [1.165, 1.54) is 24.3 Å². The van der Waals surface area contributed by atoms with E-state index in [0.717, 1.165) is 17.7 Å². The largest absolute Gasteiger partial charge is 0.497 e. The van der Waals surface area contributed by atoms with Crippen molar-refractivity contribution >= 4 is 5.91 Å². The second-order valence-corrected chi connectivity index (χ2v) is 5.10. The SMILES string of the molecule is COc1ccc(CCNC(=O)[C@H](C)Oc2ccc(F)cc2)cc1. The second kappa shape index (κ2) is 8.17. The van der Waals surface area contributed by atoms with Crippen LogP contribution in [0.4, 0.5) is 4.39 Å². The maximum absolute atomic E-state index is 12.8. The van der Waals surface area contributed by atoms with Crippen LogP contribution in [-0.4, -0.2) is 25.7 Å². The third-order valence-electron chi connectivity index (χ3n) is 3.37. The highest BCUT2D eigenvalue weighted by Gasteiger charge is 2.14. The van der Waals surface area contributed by atoms with Gasteiger partial charge in [-0.1, -0.05) is 12.1 Å². The van der Waals surface area contributed by atoms with Gasteiger partial charge in [0.15, 0.2) is 6.10 Å². The monoisotopic (exact) mass is 317 g/mol. The number of hydrogen-bond acceptors (Lipinski definition) is 3. The van der Waals surface area contributed by atoms with Gasteiger partial charge < -0.3 is 14.8 Å². The summed E-state index contributed by atoms with van der Waals surface area (Å²) in [5, 5.41) is 2.82. The lowest BCUT2D eigenvalue weighted by molar-refractivity contribution is -0.127. The fourth-order valence-electron chi connectivity index (χ4n) is 2.04. The molecule has 0 aliphatic carbocycles. The minimum absolute atomic E-state index is 0.206. The minimum Gasteiger partial charge on any atom is -0.497 e. The maximum atomic E-state index is 12.8. The van der Waals surface area contributed by atoms with E-state index in [1.807, 2.05) is 24.3 Å². The molecule has 1 N–H and O–H groups in total. The van der Waals surface area contributed by atoms with Gasteiger partial charge in [0.1, 0.15) is 17.3 Å². The zero-order valence-corrected chi connectivity index (χ0v) is 13.2. The summed E-state index contributed by atoms with van der Waals surface area (Å²) in [6.45, 7) is 2.17. The number of methoxy groups -OCH3 is 1. The van der Waals surface area contributed by atoms with Gasteiger partial charge in [0.05, 0.1) is 7.11 Å². The topological polar surface area (TPSA) is 47.6 Å². The lowest BCUT2D eigenvalue weighted by Gasteiger charge is -2.14. The van der Waals surface area contributed by atoms with Crippen LogP contribution in [0.1, 0.15) is 12.5 Å². The number of halogens is 1. The van der Waals surface area contributed by atoms with Crippen molar-refractivity contribution in [3.63, 3.8) is 0 Å². The van der Waals surface area contributed by atoms with Crippen molar-refractivity contribution in [3.05, 3.63) is 59.9 Å². The van der Waals surface area contributed by atoms with Gasteiger partial charge in [-0.05, 0) is 55.3 Å². The van der Waals surface area contributed by atoms with E-state index in [-0.39, 0.29) is 11.7 Å². The Labute approximate surface area is 135 Å². The van der Waals surface area contributed by atoms with Crippen molar-refractivity contribution in [1.82, 2.24) is 5.32 Å². The summed E-state index contributed by atoms with van der Waals surface area (Å²) in [4.78, 5) is 12.0. The Balaban J connectivity index is 1.75. The summed E-state index contributed by atoms with van der Waals surface area (Å²) in [5.41, 5.74) is 1.11. The molecule has 0 saturated heterocycles. The Hall–Kier alpha value is -2.56. The molecule has 0 unspecified atom stereocenters. The van der Waals surface area contributed by atoms with Crippen LogP contribution in [0.2, 0.25) is 0 Å². The second-order valence-electron chi connectivity index (χ2n) is 5.10. The molecule has 0 aliphatic heterocycles. The molecule has 0 aromatic heterocycles. The fourth-order valence-corrected chi connectivity index (χ4v) is 2.04. The normalized spacial score (nSPS) is 11.6. The first kappa shape index (κ1) is 16.8. The molecule has 2 aromatic carbocycles. The van der Waals surface area contributed by atoms with E-state index in [9.17, 15) is 9.18 Å². The lowest BCUT2D eigenvalue weighted by Crippen LogP contribution is -2.37. The molecule has 0 saturated carbocycles. The quantitative estimate of drug-likeness (QED) is 0.854. The van der Waals surface area contributed by atoms with Crippen LogP contribution in [0.5, 0.6) is 11.5 Å². The van der Waals surface area contributed by atoms with E-state index >= 15 is 0 Å². The van der Waals surface area contributed by atoms with Crippen molar-refractivity contribution in [2.24, 2.45) is 0 Å². The number of benzene rings is 2. The molecule has 0 aliphatic rings. The number of amides is 1. The number of carbonyl (C=O) groups excluding carboxylic acids is 1. The van der Waals surface area contributed by atoms with Gasteiger partial charge in [0.2, 0.25) is 0 Å². The molecule has 0 bridgehead atoms. The van der Waals surface area contributed by atoms with Gasteiger partial charge in [-0.25, -0.2) is 4.39 Å². The van der Waals surface area contributed by atoms with Crippen molar-refractivity contribution in [1.29, 1.82) is 0 Å². The van der Waals surface area contributed by atoms with Crippen LogP contribution < -0.4 is 14.8 Å². The maximum Gasteiger partial charge on any atom is 0.260 e. The Bertz CT molecular complexity index is 626. The van der Waals surface area contributed by atoms with Gasteiger partial charge in [0, 0.05) is 6.54 Å². The molecule has 4 nitrogen and oxygen atoms in total. The average Bonchev–Trinajstić information content (AvgIpc) is 2.57. The highest BCUT2D eigenvalue weighted by molar-refractivity contribution is 5.80. The van der Waals surface area contributed by atoms with E-state index in [1.54, 1.807) is 14.0 Å². The van der Waals surface area contributed by atoms with E-state index in [4.69, 9.17) is 9.47 Å². The zero-order chi connectivity index (χ0) is 16.7. The van der Waals surface area contributed by atoms with Crippen LogP contribution >= 0.6 is 0 Å². The highest BCUT2D eigenvalue weighted by atomic mass is 19.1. The number of nitrogens with one attached hydrogen (secondary N) is 1. The number of hydrogen-bond donors (Lipinski definition) is 1. The predicted octanol–water partition coefficient (Wildman–Crippen LogP) is 2.96. The smallest absolute Gasteiger partial charge is 0.260 e. The van der Waals surface area contributed by atoms with E-state index in [0.29, 0.717) is 12.3 Å². The van der Waals surface area contributed by atoms with Gasteiger partial charge in [-0.3, -0.25) is 4.79 Å². The van der Waals surface area contributed by atoms with Crippen LogP contribution in [0.15, 0.2) is 48.5 Å². The third kappa shape index (κ3) is 5.29. The average molecular weight is 317 g/mol. The van der Waals surface area contributed by atoms with Crippen LogP contribution in [0, 0.1) is 5.82 Å². The fraction of sp³-hybridized carbons (Fsp3) is 0.278. The molecule has 0 radical (unpaired) electrons. The summed E-state index contributed by atoms with van der Waals surface area (Å²) in [7, 11) is 1.62.